The number of carbonyl (C=O) groups is 1. The lowest BCUT2D eigenvalue weighted by Gasteiger charge is -2.28. The van der Waals surface area contributed by atoms with Crippen LogP contribution in [0.5, 0.6) is 0 Å². The Bertz CT molecular complexity index is 987. The fourth-order valence-electron chi connectivity index (χ4n) is 2.99. The SMILES string of the molecule is Cc1ccc(NS(=O)(=O)c2ccc([N+](=O)[O-])cc2)cc1N1CCCCC1=O. The molecule has 3 rings (SSSR count). The van der Waals surface area contributed by atoms with Crippen molar-refractivity contribution in [2.24, 2.45) is 0 Å². The van der Waals surface area contributed by atoms with E-state index in [1.807, 2.05) is 6.92 Å². The number of nitro groups is 1. The first-order chi connectivity index (χ1) is 12.8. The standard InChI is InChI=1S/C18H19N3O5S/c1-13-5-6-14(12-17(13)20-11-3-2-4-18(20)22)19-27(25,26)16-9-7-15(8-10-16)21(23)24/h5-10,12,19H,2-4,11H2,1H3. The van der Waals surface area contributed by atoms with Crippen LogP contribution in [0.3, 0.4) is 0 Å². The molecule has 1 fully saturated rings. The number of nitrogens with one attached hydrogen (secondary N) is 1. The second kappa shape index (κ2) is 7.36. The van der Waals surface area contributed by atoms with Crippen LogP contribution < -0.4 is 9.62 Å². The topological polar surface area (TPSA) is 110 Å². The molecule has 9 heteroatoms. The van der Waals surface area contributed by atoms with E-state index in [0.717, 1.165) is 30.5 Å². The molecule has 1 saturated heterocycles. The molecule has 0 aromatic heterocycles. The molecule has 1 N–H and O–H groups in total. The van der Waals surface area contributed by atoms with Crippen LogP contribution in [-0.4, -0.2) is 25.8 Å². The molecule has 0 atom stereocenters. The van der Waals surface area contributed by atoms with Crippen molar-refractivity contribution in [3.63, 3.8) is 0 Å². The molecule has 142 valence electrons. The second-order valence-corrected chi connectivity index (χ2v) is 8.04. The fourth-order valence-corrected chi connectivity index (χ4v) is 4.03. The third kappa shape index (κ3) is 4.08. The zero-order chi connectivity index (χ0) is 19.6. The average Bonchev–Trinajstić information content (AvgIpc) is 2.64. The highest BCUT2D eigenvalue weighted by atomic mass is 32.2. The molecule has 1 aliphatic heterocycles. The lowest BCUT2D eigenvalue weighted by Crippen LogP contribution is -2.35. The van der Waals surface area contributed by atoms with Gasteiger partial charge in [0.25, 0.3) is 15.7 Å². The van der Waals surface area contributed by atoms with Gasteiger partial charge in [0.05, 0.1) is 15.5 Å². The molecule has 0 aliphatic carbocycles. The summed E-state index contributed by atoms with van der Waals surface area (Å²) in [6.07, 6.45) is 2.25. The summed E-state index contributed by atoms with van der Waals surface area (Å²) in [4.78, 5) is 23.9. The normalized spacial score (nSPS) is 14.9. The van der Waals surface area contributed by atoms with E-state index >= 15 is 0 Å². The molecule has 0 radical (unpaired) electrons. The van der Waals surface area contributed by atoms with Crippen LogP contribution in [0.15, 0.2) is 47.4 Å². The van der Waals surface area contributed by atoms with Crippen LogP contribution >= 0.6 is 0 Å². The Morgan fingerprint density at radius 2 is 1.81 bits per heavy atom. The van der Waals surface area contributed by atoms with Gasteiger partial charge in [-0.15, -0.1) is 0 Å². The summed E-state index contributed by atoms with van der Waals surface area (Å²) in [6.45, 7) is 2.48. The highest BCUT2D eigenvalue weighted by Crippen LogP contribution is 2.29. The highest BCUT2D eigenvalue weighted by molar-refractivity contribution is 7.92. The van der Waals surface area contributed by atoms with Crippen LogP contribution in [0.1, 0.15) is 24.8 Å². The number of non-ortho nitro benzene ring substituents is 1. The number of piperidine rings is 1. The number of benzene rings is 2. The third-order valence-electron chi connectivity index (χ3n) is 4.43. The lowest BCUT2D eigenvalue weighted by atomic mass is 10.1. The van der Waals surface area contributed by atoms with Gasteiger partial charge in [-0.1, -0.05) is 6.07 Å². The Labute approximate surface area is 157 Å². The maximum atomic E-state index is 12.6. The van der Waals surface area contributed by atoms with E-state index in [2.05, 4.69) is 4.72 Å². The third-order valence-corrected chi connectivity index (χ3v) is 5.83. The van der Waals surface area contributed by atoms with Crippen molar-refractivity contribution in [2.45, 2.75) is 31.1 Å². The number of nitrogens with zero attached hydrogens (tertiary/aromatic N) is 2. The number of hydrogen-bond donors (Lipinski definition) is 1. The summed E-state index contributed by atoms with van der Waals surface area (Å²) >= 11 is 0. The minimum absolute atomic E-state index is 0.0275. The van der Waals surface area contributed by atoms with Crippen LogP contribution in [0.25, 0.3) is 0 Å². The lowest BCUT2D eigenvalue weighted by molar-refractivity contribution is -0.384. The predicted molar refractivity (Wildman–Crippen MR) is 101 cm³/mol. The van der Waals surface area contributed by atoms with Gasteiger partial charge in [0.2, 0.25) is 5.91 Å². The first kappa shape index (κ1) is 18.8. The summed E-state index contributed by atoms with van der Waals surface area (Å²) < 4.78 is 27.6. The Kier molecular flexibility index (Phi) is 5.13. The molecule has 0 saturated carbocycles. The number of aryl methyl sites for hydroxylation is 1. The first-order valence-electron chi connectivity index (χ1n) is 8.46. The van der Waals surface area contributed by atoms with E-state index in [-0.39, 0.29) is 16.5 Å². The summed E-state index contributed by atoms with van der Waals surface area (Å²) in [6, 6.07) is 9.67. The van der Waals surface area contributed by atoms with Gasteiger partial charge in [0, 0.05) is 30.8 Å². The maximum absolute atomic E-state index is 12.6. The first-order valence-corrected chi connectivity index (χ1v) is 9.94. The number of carbonyl (C=O) groups excluding carboxylic acids is 1. The molecular formula is C18H19N3O5S. The van der Waals surface area contributed by atoms with E-state index in [4.69, 9.17) is 0 Å². The van der Waals surface area contributed by atoms with Crippen molar-refractivity contribution in [3.05, 3.63) is 58.1 Å². The molecule has 2 aromatic rings. The minimum atomic E-state index is -3.91. The largest absolute Gasteiger partial charge is 0.312 e. The van der Waals surface area contributed by atoms with Crippen molar-refractivity contribution in [1.29, 1.82) is 0 Å². The highest BCUT2D eigenvalue weighted by Gasteiger charge is 2.22. The average molecular weight is 389 g/mol. The van der Waals surface area contributed by atoms with Gasteiger partial charge >= 0.3 is 0 Å². The van der Waals surface area contributed by atoms with Gasteiger partial charge in [-0.3, -0.25) is 19.6 Å². The van der Waals surface area contributed by atoms with E-state index in [0.29, 0.717) is 24.3 Å². The van der Waals surface area contributed by atoms with Crippen LogP contribution in [0.4, 0.5) is 17.1 Å². The van der Waals surface area contributed by atoms with Crippen molar-refractivity contribution in [1.82, 2.24) is 0 Å². The number of hydrogen-bond acceptors (Lipinski definition) is 5. The quantitative estimate of drug-likeness (QED) is 0.624. The van der Waals surface area contributed by atoms with E-state index in [1.54, 1.807) is 23.1 Å². The van der Waals surface area contributed by atoms with Crippen LogP contribution in [-0.2, 0) is 14.8 Å². The molecule has 2 aromatic carbocycles. The zero-order valence-corrected chi connectivity index (χ0v) is 15.5. The summed E-state index contributed by atoms with van der Waals surface area (Å²) in [7, 11) is -3.91. The number of anilines is 2. The van der Waals surface area contributed by atoms with E-state index in [9.17, 15) is 23.3 Å². The molecule has 1 heterocycles. The van der Waals surface area contributed by atoms with Gasteiger partial charge in [0.1, 0.15) is 0 Å². The van der Waals surface area contributed by atoms with Crippen molar-refractivity contribution >= 4 is 33.0 Å². The number of nitro benzene ring substituents is 1. The molecular weight excluding hydrogens is 370 g/mol. The number of rotatable bonds is 5. The Hall–Kier alpha value is -2.94. The summed E-state index contributed by atoms with van der Waals surface area (Å²) in [5.41, 5.74) is 1.70. The van der Waals surface area contributed by atoms with E-state index in [1.165, 1.54) is 12.1 Å². The number of amides is 1. The minimum Gasteiger partial charge on any atom is -0.312 e. The van der Waals surface area contributed by atoms with Crippen molar-refractivity contribution in [2.75, 3.05) is 16.2 Å². The maximum Gasteiger partial charge on any atom is 0.269 e. The molecule has 8 nitrogen and oxygen atoms in total. The Balaban J connectivity index is 1.87. The summed E-state index contributed by atoms with van der Waals surface area (Å²) in [5, 5.41) is 10.7. The second-order valence-electron chi connectivity index (χ2n) is 6.36. The zero-order valence-electron chi connectivity index (χ0n) is 14.7. The Morgan fingerprint density at radius 1 is 1.11 bits per heavy atom. The van der Waals surface area contributed by atoms with Gasteiger partial charge in [-0.25, -0.2) is 8.42 Å². The van der Waals surface area contributed by atoms with Gasteiger partial charge in [0.15, 0.2) is 0 Å². The predicted octanol–water partition coefficient (Wildman–Crippen LogP) is 3.22. The molecule has 1 amide bonds. The smallest absolute Gasteiger partial charge is 0.269 e. The fraction of sp³-hybridized carbons (Fsp3) is 0.278. The van der Waals surface area contributed by atoms with Gasteiger partial charge in [-0.05, 0) is 49.6 Å². The Morgan fingerprint density at radius 3 is 2.44 bits per heavy atom. The summed E-state index contributed by atoms with van der Waals surface area (Å²) in [5.74, 6) is 0.0275. The van der Waals surface area contributed by atoms with Crippen molar-refractivity contribution < 1.29 is 18.1 Å². The molecule has 0 unspecified atom stereocenters. The van der Waals surface area contributed by atoms with Gasteiger partial charge in [-0.2, -0.15) is 0 Å². The molecule has 0 spiro atoms. The number of sulfonamides is 1. The van der Waals surface area contributed by atoms with Crippen LogP contribution in [0, 0.1) is 17.0 Å². The molecule has 1 aliphatic rings. The van der Waals surface area contributed by atoms with Crippen molar-refractivity contribution in [3.8, 4) is 0 Å². The molecule has 27 heavy (non-hydrogen) atoms. The molecule has 0 bridgehead atoms. The van der Waals surface area contributed by atoms with E-state index < -0.39 is 14.9 Å². The monoisotopic (exact) mass is 389 g/mol. The van der Waals surface area contributed by atoms with Gasteiger partial charge < -0.3 is 4.90 Å². The van der Waals surface area contributed by atoms with Crippen LogP contribution in [0.2, 0.25) is 0 Å².